The summed E-state index contributed by atoms with van der Waals surface area (Å²) in [4.78, 5) is 39.5. The predicted octanol–water partition coefficient (Wildman–Crippen LogP) is -0.0782. The van der Waals surface area contributed by atoms with Crippen molar-refractivity contribution in [1.82, 2.24) is 4.90 Å². The van der Waals surface area contributed by atoms with Gasteiger partial charge in [0, 0.05) is 51.7 Å². The van der Waals surface area contributed by atoms with Gasteiger partial charge in [-0.15, -0.1) is 0 Å². The maximum absolute atomic E-state index is 12.5. The molecule has 0 saturated carbocycles. The molecule has 3 rings (SSSR count). The Morgan fingerprint density at radius 1 is 1.09 bits per heavy atom. The summed E-state index contributed by atoms with van der Waals surface area (Å²) in [6.07, 6.45) is -2.47. The lowest BCUT2D eigenvalue weighted by molar-refractivity contribution is -0.904. The molecule has 2 aliphatic heterocycles. The van der Waals surface area contributed by atoms with Gasteiger partial charge in [0.25, 0.3) is 0 Å². The van der Waals surface area contributed by atoms with Crippen LogP contribution in [-0.4, -0.2) is 88.3 Å². The number of rotatable bonds is 8. The fourth-order valence-electron chi connectivity index (χ4n) is 4.02. The number of hydrogen-bond acceptors (Lipinski definition) is 6. The molecule has 0 aliphatic carbocycles. The molecule has 1 aromatic carbocycles. The van der Waals surface area contributed by atoms with Crippen LogP contribution in [0.5, 0.6) is 0 Å². The maximum atomic E-state index is 12.5. The minimum absolute atomic E-state index is 0.0763. The smallest absolute Gasteiger partial charge is 0.430 e. The first-order valence-electron chi connectivity index (χ1n) is 11.4. The number of nitrogens with zero attached hydrogens (tertiary/aromatic N) is 2. The number of carbonyl (C=O) groups excluding carboxylic acids is 3. The molecule has 1 aromatic rings. The summed E-state index contributed by atoms with van der Waals surface area (Å²) in [5.74, 6) is -2.85. The van der Waals surface area contributed by atoms with Crippen molar-refractivity contribution >= 4 is 23.3 Å². The van der Waals surface area contributed by atoms with Crippen molar-refractivity contribution in [1.29, 1.82) is 0 Å². The van der Waals surface area contributed by atoms with E-state index in [0.717, 1.165) is 51.3 Å². The highest BCUT2D eigenvalue weighted by atomic mass is 19.4. The summed E-state index contributed by atoms with van der Waals surface area (Å²) >= 11 is 0. The van der Waals surface area contributed by atoms with Gasteiger partial charge in [-0.1, -0.05) is 12.1 Å². The van der Waals surface area contributed by atoms with Crippen molar-refractivity contribution in [3.63, 3.8) is 0 Å². The minimum atomic E-state index is -5.19. The number of carboxylic acids is 1. The van der Waals surface area contributed by atoms with E-state index >= 15 is 0 Å². The van der Waals surface area contributed by atoms with Crippen molar-refractivity contribution in [3.8, 4) is 0 Å². The zero-order valence-corrected chi connectivity index (χ0v) is 19.4. The number of aliphatic carboxylic acids is 1. The predicted molar refractivity (Wildman–Crippen MR) is 117 cm³/mol. The number of methoxy groups -OCH3 is 1. The molecule has 0 aromatic heterocycles. The Morgan fingerprint density at radius 2 is 1.74 bits per heavy atom. The lowest BCUT2D eigenvalue weighted by Gasteiger charge is -2.32. The van der Waals surface area contributed by atoms with Gasteiger partial charge in [-0.2, -0.15) is 13.2 Å². The maximum Gasteiger partial charge on any atom is 0.430 e. The molecular formula is C23H32F3N3O5. The standard InChI is InChI=1S/C21H31N3O3.C2HF3O2/c1-27-17-16-23-14-12-22(13-15-23)10-4-5-11-24-19-7-3-2-6-18(19)20(25)8-9-21(24)26;3-2(4,5)1(6)7/h2-3,6-7H,4-5,8-17H2,1H3;(H,6,7). The van der Waals surface area contributed by atoms with Gasteiger partial charge < -0.3 is 24.4 Å². The highest BCUT2D eigenvalue weighted by molar-refractivity contribution is 6.10. The van der Waals surface area contributed by atoms with Crippen molar-refractivity contribution in [2.24, 2.45) is 0 Å². The summed E-state index contributed by atoms with van der Waals surface area (Å²) in [5, 5.41) is 8.78. The van der Waals surface area contributed by atoms with E-state index in [1.54, 1.807) is 12.0 Å². The quantitative estimate of drug-likeness (QED) is 0.516. The molecule has 1 fully saturated rings. The number of carbonyl (C=O) groups is 3. The zero-order valence-electron chi connectivity index (χ0n) is 19.4. The van der Waals surface area contributed by atoms with E-state index < -0.39 is 12.1 Å². The van der Waals surface area contributed by atoms with Gasteiger partial charge in [-0.25, -0.2) is 0 Å². The van der Waals surface area contributed by atoms with Crippen LogP contribution in [0.1, 0.15) is 36.0 Å². The summed E-state index contributed by atoms with van der Waals surface area (Å²) in [6.45, 7) is 8.34. The Hall–Kier alpha value is -2.50. The third-order valence-corrected chi connectivity index (χ3v) is 5.93. The first-order valence-corrected chi connectivity index (χ1v) is 11.4. The first kappa shape index (κ1) is 27.7. The third-order valence-electron chi connectivity index (χ3n) is 5.93. The molecule has 8 nitrogen and oxygen atoms in total. The molecule has 11 heteroatoms. The molecule has 0 unspecified atom stereocenters. The normalized spacial score (nSPS) is 17.6. The molecule has 0 radical (unpaired) electrons. The number of Topliss-reactive ketones (excluding diaryl/α,β-unsaturated/α-hetero) is 1. The van der Waals surface area contributed by atoms with Crippen LogP contribution < -0.4 is 14.9 Å². The highest BCUT2D eigenvalue weighted by Crippen LogP contribution is 2.27. The molecule has 0 atom stereocenters. The minimum Gasteiger partial charge on any atom is -0.542 e. The number of para-hydroxylation sites is 1. The third kappa shape index (κ3) is 8.69. The summed E-state index contributed by atoms with van der Waals surface area (Å²) in [7, 11) is 1.75. The van der Waals surface area contributed by atoms with E-state index in [2.05, 4.69) is 4.90 Å². The molecule has 34 heavy (non-hydrogen) atoms. The number of benzene rings is 1. The van der Waals surface area contributed by atoms with Crippen molar-refractivity contribution in [2.75, 3.05) is 64.4 Å². The molecule has 0 bridgehead atoms. The number of hydrogen-bond donors (Lipinski definition) is 1. The molecule has 190 valence electrons. The highest BCUT2D eigenvalue weighted by Gasteiger charge is 2.29. The molecule has 1 amide bonds. The molecule has 2 heterocycles. The lowest BCUT2D eigenvalue weighted by atomic mass is 10.1. The average Bonchev–Trinajstić information content (AvgIpc) is 2.92. The van der Waals surface area contributed by atoms with E-state index in [1.807, 2.05) is 29.2 Å². The molecular weight excluding hydrogens is 455 g/mol. The molecule has 1 N–H and O–H groups in total. The number of ketones is 1. The van der Waals surface area contributed by atoms with Gasteiger partial charge >= 0.3 is 6.18 Å². The number of carboxylic acid groups (broad SMARTS) is 1. The second kappa shape index (κ2) is 13.4. The molecule has 0 spiro atoms. The van der Waals surface area contributed by atoms with E-state index in [4.69, 9.17) is 14.6 Å². The van der Waals surface area contributed by atoms with Crippen LogP contribution in [-0.2, 0) is 14.3 Å². The second-order valence-corrected chi connectivity index (χ2v) is 8.31. The van der Waals surface area contributed by atoms with Crippen molar-refractivity contribution < 1.29 is 42.3 Å². The Kier molecular flexibility index (Phi) is 10.9. The van der Waals surface area contributed by atoms with Gasteiger partial charge in [0.15, 0.2) is 5.78 Å². The largest absolute Gasteiger partial charge is 0.542 e. The van der Waals surface area contributed by atoms with Crippen LogP contribution in [0.15, 0.2) is 24.3 Å². The van der Waals surface area contributed by atoms with Crippen LogP contribution in [0.2, 0.25) is 0 Å². The number of anilines is 1. The lowest BCUT2D eigenvalue weighted by Crippen LogP contribution is -3.14. The molecule has 1 saturated heterocycles. The van der Waals surface area contributed by atoms with Crippen LogP contribution in [0.3, 0.4) is 0 Å². The van der Waals surface area contributed by atoms with E-state index in [1.165, 1.54) is 13.1 Å². The van der Waals surface area contributed by atoms with Crippen molar-refractivity contribution in [3.05, 3.63) is 29.8 Å². The van der Waals surface area contributed by atoms with E-state index in [9.17, 15) is 22.8 Å². The van der Waals surface area contributed by atoms with Crippen LogP contribution >= 0.6 is 0 Å². The van der Waals surface area contributed by atoms with Gasteiger partial charge in [0.2, 0.25) is 5.91 Å². The molecule has 2 aliphatic rings. The fraction of sp³-hybridized carbons (Fsp3) is 0.609. The van der Waals surface area contributed by atoms with Gasteiger partial charge in [0.05, 0.1) is 31.9 Å². The Labute approximate surface area is 197 Å². The number of unbranched alkanes of at least 4 members (excludes halogenated alkanes) is 1. The van der Waals surface area contributed by atoms with Crippen LogP contribution in [0, 0.1) is 0 Å². The monoisotopic (exact) mass is 487 g/mol. The Bertz CT molecular complexity index is 826. The number of halogens is 3. The Balaban J connectivity index is 0.000000509. The van der Waals surface area contributed by atoms with Crippen LogP contribution in [0.4, 0.5) is 18.9 Å². The summed E-state index contributed by atoms with van der Waals surface area (Å²) < 4.78 is 36.7. The number of fused-ring (bicyclic) bond motifs is 1. The van der Waals surface area contributed by atoms with Gasteiger partial charge in [0.1, 0.15) is 5.97 Å². The van der Waals surface area contributed by atoms with Gasteiger partial charge in [-0.05, 0) is 25.0 Å². The number of nitrogens with one attached hydrogen (secondary N) is 1. The first-order chi connectivity index (χ1) is 16.1. The topological polar surface area (TPSA) is 94.4 Å². The second-order valence-electron chi connectivity index (χ2n) is 8.31. The number of quaternary nitrogens is 1. The number of ether oxygens (including phenoxy) is 1. The van der Waals surface area contributed by atoms with Crippen LogP contribution in [0.25, 0.3) is 0 Å². The Morgan fingerprint density at radius 3 is 2.35 bits per heavy atom. The van der Waals surface area contributed by atoms with Crippen molar-refractivity contribution in [2.45, 2.75) is 31.9 Å². The fourth-order valence-corrected chi connectivity index (χ4v) is 4.02. The number of piperazine rings is 1. The SMILES string of the molecule is COCCN1CC[NH+](CCCCN2C(=O)CCC(=O)c3ccccc32)CC1.O=C([O-])C(F)(F)F. The van der Waals surface area contributed by atoms with E-state index in [0.29, 0.717) is 24.9 Å². The summed E-state index contributed by atoms with van der Waals surface area (Å²) in [5.41, 5.74) is 1.49. The van der Waals surface area contributed by atoms with Gasteiger partial charge in [-0.3, -0.25) is 14.5 Å². The average molecular weight is 488 g/mol. The number of amides is 1. The van der Waals surface area contributed by atoms with E-state index in [-0.39, 0.29) is 11.7 Å². The summed E-state index contributed by atoms with van der Waals surface area (Å²) in [6, 6.07) is 7.53. The zero-order chi connectivity index (χ0) is 25.1. The number of alkyl halides is 3.